The van der Waals surface area contributed by atoms with E-state index in [0.29, 0.717) is 6.54 Å². The predicted molar refractivity (Wildman–Crippen MR) is 57.7 cm³/mol. The van der Waals surface area contributed by atoms with E-state index in [0.717, 1.165) is 0 Å². The third-order valence-corrected chi connectivity index (χ3v) is 2.87. The Morgan fingerprint density at radius 1 is 1.54 bits per heavy atom. The van der Waals surface area contributed by atoms with Crippen LogP contribution in [0.1, 0.15) is 15.8 Å². The molecule has 1 heterocycles. The monoisotopic (exact) mass is 199 g/mol. The van der Waals surface area contributed by atoms with Gasteiger partial charge in [-0.3, -0.25) is 0 Å². The number of thiophene rings is 1. The van der Waals surface area contributed by atoms with Gasteiger partial charge in [-0.25, -0.2) is 10.4 Å². The summed E-state index contributed by atoms with van der Waals surface area (Å²) < 4.78 is 0. The summed E-state index contributed by atoms with van der Waals surface area (Å²) in [4.78, 5) is 2.63. The predicted octanol–water partition coefficient (Wildman–Crippen LogP) is 1.12. The first-order chi connectivity index (χ1) is 6.13. The molecule has 13 heavy (non-hydrogen) atoms. The van der Waals surface area contributed by atoms with Gasteiger partial charge in [0, 0.05) is 30.4 Å². The van der Waals surface area contributed by atoms with E-state index < -0.39 is 0 Å². The molecule has 0 fully saturated rings. The van der Waals surface area contributed by atoms with Crippen LogP contribution in [0.2, 0.25) is 0 Å². The third-order valence-electron chi connectivity index (χ3n) is 1.75. The smallest absolute Gasteiger partial charge is 0.0679 e. The second-order valence-electron chi connectivity index (χ2n) is 3.26. The third kappa shape index (κ3) is 3.08. The normalized spacial score (nSPS) is 13.6. The molecule has 1 unspecified atom stereocenters. The highest BCUT2D eigenvalue weighted by Crippen LogP contribution is 2.21. The van der Waals surface area contributed by atoms with Crippen molar-refractivity contribution in [3.05, 3.63) is 21.9 Å². The van der Waals surface area contributed by atoms with Gasteiger partial charge in [0.25, 0.3) is 0 Å². The van der Waals surface area contributed by atoms with Crippen molar-refractivity contribution in [1.82, 2.24) is 10.4 Å². The first-order valence-electron chi connectivity index (χ1n) is 4.33. The largest absolute Gasteiger partial charge is 0.329 e. The minimum Gasteiger partial charge on any atom is -0.329 e. The van der Waals surface area contributed by atoms with Crippen molar-refractivity contribution in [1.29, 1.82) is 0 Å². The molecular formula is C9H17N3S. The van der Waals surface area contributed by atoms with E-state index in [4.69, 9.17) is 5.73 Å². The van der Waals surface area contributed by atoms with E-state index in [1.807, 2.05) is 19.1 Å². The SMILES string of the molecule is Cc1ccc(C(CN)NN(C)C)s1. The summed E-state index contributed by atoms with van der Waals surface area (Å²) in [5, 5.41) is 1.94. The Morgan fingerprint density at radius 2 is 2.23 bits per heavy atom. The molecule has 3 nitrogen and oxygen atoms in total. The van der Waals surface area contributed by atoms with Crippen molar-refractivity contribution in [3.8, 4) is 0 Å². The van der Waals surface area contributed by atoms with E-state index in [1.165, 1.54) is 9.75 Å². The lowest BCUT2D eigenvalue weighted by Gasteiger charge is -2.20. The minimum absolute atomic E-state index is 0.244. The molecule has 1 atom stereocenters. The molecule has 1 aromatic rings. The van der Waals surface area contributed by atoms with Gasteiger partial charge >= 0.3 is 0 Å². The number of nitrogens with zero attached hydrogens (tertiary/aromatic N) is 1. The Morgan fingerprint density at radius 3 is 2.62 bits per heavy atom. The number of nitrogens with two attached hydrogens (primary N) is 1. The van der Waals surface area contributed by atoms with Crippen LogP contribution in [-0.2, 0) is 0 Å². The van der Waals surface area contributed by atoms with Crippen LogP contribution >= 0.6 is 11.3 Å². The minimum atomic E-state index is 0.244. The average Bonchev–Trinajstić information content (AvgIpc) is 2.47. The molecule has 4 heteroatoms. The summed E-state index contributed by atoms with van der Waals surface area (Å²) in [6.07, 6.45) is 0. The maximum atomic E-state index is 5.68. The number of aryl methyl sites for hydroxylation is 1. The molecular weight excluding hydrogens is 182 g/mol. The Labute approximate surface area is 83.5 Å². The molecule has 0 spiro atoms. The maximum Gasteiger partial charge on any atom is 0.0679 e. The average molecular weight is 199 g/mol. The summed E-state index contributed by atoms with van der Waals surface area (Å²) in [6.45, 7) is 2.73. The lowest BCUT2D eigenvalue weighted by Crippen LogP contribution is -2.37. The quantitative estimate of drug-likeness (QED) is 0.714. The summed E-state index contributed by atoms with van der Waals surface area (Å²) in [5.74, 6) is 0. The lowest BCUT2D eigenvalue weighted by molar-refractivity contribution is 0.247. The Hall–Kier alpha value is -0.420. The molecule has 0 bridgehead atoms. The second kappa shape index (κ2) is 4.72. The van der Waals surface area contributed by atoms with Gasteiger partial charge in [-0.05, 0) is 19.1 Å². The summed E-state index contributed by atoms with van der Waals surface area (Å²) in [7, 11) is 3.95. The zero-order valence-electron chi connectivity index (χ0n) is 8.37. The standard InChI is InChI=1S/C9H17N3S/c1-7-4-5-9(13-7)8(6-10)11-12(2)3/h4-5,8,11H,6,10H2,1-3H3. The number of hydrogen-bond donors (Lipinski definition) is 2. The van der Waals surface area contributed by atoms with Gasteiger partial charge in [-0.15, -0.1) is 11.3 Å². The summed E-state index contributed by atoms with van der Waals surface area (Å²) in [5.41, 5.74) is 8.96. The van der Waals surface area contributed by atoms with Gasteiger partial charge in [-0.2, -0.15) is 0 Å². The molecule has 0 aliphatic heterocycles. The number of rotatable bonds is 4. The van der Waals surface area contributed by atoms with Crippen molar-refractivity contribution < 1.29 is 0 Å². The highest BCUT2D eigenvalue weighted by molar-refractivity contribution is 7.12. The molecule has 74 valence electrons. The van der Waals surface area contributed by atoms with Crippen LogP contribution in [0.5, 0.6) is 0 Å². The first kappa shape index (κ1) is 10.7. The number of nitrogens with one attached hydrogen (secondary N) is 1. The van der Waals surface area contributed by atoms with Gasteiger partial charge in [-0.1, -0.05) is 0 Å². The van der Waals surface area contributed by atoms with E-state index in [1.54, 1.807) is 11.3 Å². The van der Waals surface area contributed by atoms with Gasteiger partial charge in [0.05, 0.1) is 6.04 Å². The van der Waals surface area contributed by atoms with Crippen molar-refractivity contribution in [3.63, 3.8) is 0 Å². The van der Waals surface area contributed by atoms with Gasteiger partial charge in [0.2, 0.25) is 0 Å². The number of hydrazine groups is 1. The van der Waals surface area contributed by atoms with Crippen LogP contribution < -0.4 is 11.2 Å². The van der Waals surface area contributed by atoms with Crippen molar-refractivity contribution in [2.24, 2.45) is 5.73 Å². The Kier molecular flexibility index (Phi) is 3.87. The molecule has 0 amide bonds. The summed E-state index contributed by atoms with van der Waals surface area (Å²) in [6, 6.07) is 4.50. The Bertz CT molecular complexity index is 257. The first-order valence-corrected chi connectivity index (χ1v) is 5.15. The van der Waals surface area contributed by atoms with E-state index in [-0.39, 0.29) is 6.04 Å². The maximum absolute atomic E-state index is 5.68. The fraction of sp³-hybridized carbons (Fsp3) is 0.556. The zero-order valence-corrected chi connectivity index (χ0v) is 9.19. The Balaban J connectivity index is 2.66. The molecule has 3 N–H and O–H groups in total. The lowest BCUT2D eigenvalue weighted by atomic mass is 10.2. The fourth-order valence-electron chi connectivity index (χ4n) is 1.18. The van der Waals surface area contributed by atoms with Crippen molar-refractivity contribution in [2.45, 2.75) is 13.0 Å². The topological polar surface area (TPSA) is 41.3 Å². The van der Waals surface area contributed by atoms with E-state index in [2.05, 4.69) is 24.5 Å². The van der Waals surface area contributed by atoms with E-state index in [9.17, 15) is 0 Å². The van der Waals surface area contributed by atoms with E-state index >= 15 is 0 Å². The van der Waals surface area contributed by atoms with Crippen LogP contribution in [0.25, 0.3) is 0 Å². The molecule has 1 rings (SSSR count). The number of hydrogen-bond acceptors (Lipinski definition) is 4. The molecule has 0 aliphatic rings. The van der Waals surface area contributed by atoms with Crippen LogP contribution in [0, 0.1) is 6.92 Å². The van der Waals surface area contributed by atoms with Crippen LogP contribution in [0.15, 0.2) is 12.1 Å². The van der Waals surface area contributed by atoms with Crippen molar-refractivity contribution in [2.75, 3.05) is 20.6 Å². The highest BCUT2D eigenvalue weighted by atomic mass is 32.1. The van der Waals surface area contributed by atoms with Gasteiger partial charge < -0.3 is 5.73 Å². The molecule has 0 saturated carbocycles. The molecule has 0 aromatic carbocycles. The molecule has 1 aromatic heterocycles. The molecule has 0 radical (unpaired) electrons. The second-order valence-corrected chi connectivity index (χ2v) is 4.58. The van der Waals surface area contributed by atoms with Crippen LogP contribution in [0.3, 0.4) is 0 Å². The zero-order chi connectivity index (χ0) is 9.84. The van der Waals surface area contributed by atoms with Gasteiger partial charge in [0.1, 0.15) is 0 Å². The highest BCUT2D eigenvalue weighted by Gasteiger charge is 2.11. The van der Waals surface area contributed by atoms with Crippen molar-refractivity contribution >= 4 is 11.3 Å². The van der Waals surface area contributed by atoms with Crippen LogP contribution in [-0.4, -0.2) is 25.6 Å². The molecule has 0 aliphatic carbocycles. The summed E-state index contributed by atoms with van der Waals surface area (Å²) >= 11 is 1.79. The van der Waals surface area contributed by atoms with Gasteiger partial charge in [0.15, 0.2) is 0 Å². The molecule has 0 saturated heterocycles. The van der Waals surface area contributed by atoms with Crippen LogP contribution in [0.4, 0.5) is 0 Å². The fourth-order valence-corrected chi connectivity index (χ4v) is 2.12.